The van der Waals surface area contributed by atoms with Crippen molar-refractivity contribution < 1.29 is 19.0 Å². The number of benzene rings is 2. The van der Waals surface area contributed by atoms with E-state index in [1.165, 1.54) is 11.3 Å². The molecule has 34 heavy (non-hydrogen) atoms. The molecule has 0 aliphatic heterocycles. The summed E-state index contributed by atoms with van der Waals surface area (Å²) in [4.78, 5) is 17.4. The van der Waals surface area contributed by atoms with E-state index < -0.39 is 0 Å². The number of hydrogen-bond donors (Lipinski definition) is 1. The van der Waals surface area contributed by atoms with Crippen LogP contribution in [0, 0.1) is 6.92 Å². The van der Waals surface area contributed by atoms with Gasteiger partial charge in [0.1, 0.15) is 23.1 Å². The number of methoxy groups -OCH3 is 2. The molecule has 1 N–H and O–H groups in total. The number of amides is 1. The summed E-state index contributed by atoms with van der Waals surface area (Å²) in [6.45, 7) is 7.99. The molecular weight excluding hydrogens is 452 g/mol. The predicted octanol–water partition coefficient (Wildman–Crippen LogP) is 5.12. The van der Waals surface area contributed by atoms with Crippen molar-refractivity contribution in [1.82, 2.24) is 14.8 Å². The second-order valence-electron chi connectivity index (χ2n) is 8.86. The first-order valence-electron chi connectivity index (χ1n) is 10.8. The van der Waals surface area contributed by atoms with Gasteiger partial charge < -0.3 is 19.5 Å². The summed E-state index contributed by atoms with van der Waals surface area (Å²) < 4.78 is 19.2. The first-order chi connectivity index (χ1) is 16.2. The van der Waals surface area contributed by atoms with Crippen LogP contribution in [-0.4, -0.2) is 41.5 Å². The Morgan fingerprint density at radius 3 is 2.47 bits per heavy atom. The minimum Gasteiger partial charge on any atom is -0.497 e. The topological polar surface area (TPSA) is 87.5 Å². The lowest BCUT2D eigenvalue weighted by atomic mass is 9.86. The molecule has 0 bridgehead atoms. The highest BCUT2D eigenvalue weighted by Gasteiger charge is 2.21. The standard InChI is InChI=1S/C25H28N4O4S/c1-15-11-22(29(28-15)24-26-19-9-7-17(32-6)13-21(19)34-24)27-23(30)14-33-20-10-8-16(31-5)12-18(20)25(2,3)4/h7-13H,14H2,1-6H3,(H,27,30). The van der Waals surface area contributed by atoms with Gasteiger partial charge >= 0.3 is 0 Å². The highest BCUT2D eigenvalue weighted by atomic mass is 32.1. The maximum atomic E-state index is 12.8. The van der Waals surface area contributed by atoms with E-state index in [9.17, 15) is 4.79 Å². The maximum Gasteiger partial charge on any atom is 0.263 e. The van der Waals surface area contributed by atoms with E-state index in [-0.39, 0.29) is 17.9 Å². The Labute approximate surface area is 202 Å². The zero-order valence-electron chi connectivity index (χ0n) is 20.1. The molecule has 0 spiro atoms. The number of thiazole rings is 1. The van der Waals surface area contributed by atoms with E-state index in [4.69, 9.17) is 14.2 Å². The third kappa shape index (κ3) is 4.99. The van der Waals surface area contributed by atoms with E-state index in [0.29, 0.717) is 16.7 Å². The van der Waals surface area contributed by atoms with Gasteiger partial charge in [-0.3, -0.25) is 4.79 Å². The number of aromatic nitrogens is 3. The molecule has 4 aromatic rings. The second-order valence-corrected chi connectivity index (χ2v) is 9.87. The van der Waals surface area contributed by atoms with Crippen molar-refractivity contribution >= 4 is 33.3 Å². The SMILES string of the molecule is COc1ccc(OCC(=O)Nc2cc(C)nn2-c2nc3ccc(OC)cc3s2)c(C(C)(C)C)c1. The number of carbonyl (C=O) groups is 1. The summed E-state index contributed by atoms with van der Waals surface area (Å²) in [5, 5.41) is 8.07. The van der Waals surface area contributed by atoms with Crippen LogP contribution in [0.3, 0.4) is 0 Å². The number of fused-ring (bicyclic) bond motifs is 1. The number of rotatable bonds is 7. The molecule has 0 aliphatic carbocycles. The fourth-order valence-corrected chi connectivity index (χ4v) is 4.47. The smallest absolute Gasteiger partial charge is 0.263 e. The highest BCUT2D eigenvalue weighted by Crippen LogP contribution is 2.34. The third-order valence-electron chi connectivity index (χ3n) is 5.22. The average Bonchev–Trinajstić information content (AvgIpc) is 3.38. The zero-order valence-corrected chi connectivity index (χ0v) is 20.9. The number of aryl methyl sites for hydroxylation is 1. The van der Waals surface area contributed by atoms with Gasteiger partial charge in [-0.1, -0.05) is 32.1 Å². The van der Waals surface area contributed by atoms with E-state index in [0.717, 1.165) is 33.0 Å². The van der Waals surface area contributed by atoms with Crippen LogP contribution in [-0.2, 0) is 10.2 Å². The average molecular weight is 481 g/mol. The van der Waals surface area contributed by atoms with Crippen LogP contribution in [0.1, 0.15) is 32.0 Å². The minimum absolute atomic E-state index is 0.142. The molecular formula is C25H28N4O4S. The van der Waals surface area contributed by atoms with Crippen LogP contribution >= 0.6 is 11.3 Å². The van der Waals surface area contributed by atoms with Crippen molar-refractivity contribution in [2.24, 2.45) is 0 Å². The molecule has 0 radical (unpaired) electrons. The normalized spacial score (nSPS) is 11.5. The lowest BCUT2D eigenvalue weighted by molar-refractivity contribution is -0.118. The van der Waals surface area contributed by atoms with Gasteiger partial charge in [0, 0.05) is 11.6 Å². The lowest BCUT2D eigenvalue weighted by Crippen LogP contribution is -2.23. The van der Waals surface area contributed by atoms with Gasteiger partial charge in [0.25, 0.3) is 5.91 Å². The Kier molecular flexibility index (Phi) is 6.47. The number of carbonyl (C=O) groups excluding carboxylic acids is 1. The van der Waals surface area contributed by atoms with Crippen molar-refractivity contribution in [3.8, 4) is 22.4 Å². The van der Waals surface area contributed by atoms with Crippen molar-refractivity contribution in [2.75, 3.05) is 26.1 Å². The summed E-state index contributed by atoms with van der Waals surface area (Å²) in [5.41, 5.74) is 2.39. The minimum atomic E-state index is -0.292. The summed E-state index contributed by atoms with van der Waals surface area (Å²) in [6, 6.07) is 13.1. The Bertz CT molecular complexity index is 1340. The summed E-state index contributed by atoms with van der Waals surface area (Å²) >= 11 is 1.47. The molecule has 0 unspecified atom stereocenters. The first kappa shape index (κ1) is 23.6. The van der Waals surface area contributed by atoms with Crippen LogP contribution in [0.4, 0.5) is 5.82 Å². The number of anilines is 1. The van der Waals surface area contributed by atoms with Crippen LogP contribution in [0.5, 0.6) is 17.2 Å². The van der Waals surface area contributed by atoms with Crippen molar-refractivity contribution in [3.05, 3.63) is 53.7 Å². The lowest BCUT2D eigenvalue weighted by Gasteiger charge is -2.23. The van der Waals surface area contributed by atoms with Gasteiger partial charge in [-0.15, -0.1) is 0 Å². The van der Waals surface area contributed by atoms with E-state index in [1.807, 2.05) is 43.3 Å². The molecule has 2 aromatic carbocycles. The highest BCUT2D eigenvalue weighted by molar-refractivity contribution is 7.20. The number of hydrogen-bond acceptors (Lipinski definition) is 7. The molecule has 178 valence electrons. The molecule has 0 atom stereocenters. The quantitative estimate of drug-likeness (QED) is 0.395. The van der Waals surface area contributed by atoms with Crippen LogP contribution in [0.25, 0.3) is 15.3 Å². The molecule has 4 rings (SSSR count). The third-order valence-corrected chi connectivity index (χ3v) is 6.21. The summed E-state index contributed by atoms with van der Waals surface area (Å²) in [5.74, 6) is 2.39. The van der Waals surface area contributed by atoms with Gasteiger partial charge in [-0.05, 0) is 48.7 Å². The molecule has 0 saturated carbocycles. The van der Waals surface area contributed by atoms with Gasteiger partial charge in [0.15, 0.2) is 6.61 Å². The monoisotopic (exact) mass is 480 g/mol. The number of ether oxygens (including phenoxy) is 3. The first-order valence-corrected chi connectivity index (χ1v) is 11.6. The Hall–Kier alpha value is -3.59. The van der Waals surface area contributed by atoms with Crippen molar-refractivity contribution in [1.29, 1.82) is 0 Å². The molecule has 0 saturated heterocycles. The summed E-state index contributed by atoms with van der Waals surface area (Å²) in [7, 11) is 3.26. The molecule has 0 fully saturated rings. The molecule has 9 heteroatoms. The van der Waals surface area contributed by atoms with Crippen molar-refractivity contribution in [3.63, 3.8) is 0 Å². The van der Waals surface area contributed by atoms with Crippen molar-refractivity contribution in [2.45, 2.75) is 33.1 Å². The maximum absolute atomic E-state index is 12.8. The van der Waals surface area contributed by atoms with Gasteiger partial charge in [0.2, 0.25) is 5.13 Å². The second kappa shape index (κ2) is 9.34. The number of nitrogens with zero attached hydrogens (tertiary/aromatic N) is 3. The largest absolute Gasteiger partial charge is 0.497 e. The molecule has 0 aliphatic rings. The Morgan fingerprint density at radius 2 is 1.76 bits per heavy atom. The predicted molar refractivity (Wildman–Crippen MR) is 134 cm³/mol. The van der Waals surface area contributed by atoms with Crippen LogP contribution < -0.4 is 19.5 Å². The Morgan fingerprint density at radius 1 is 1.06 bits per heavy atom. The van der Waals surface area contributed by atoms with Crippen LogP contribution in [0.15, 0.2) is 42.5 Å². The zero-order chi connectivity index (χ0) is 24.5. The Balaban J connectivity index is 1.52. The number of nitrogens with one attached hydrogen (secondary N) is 1. The van der Waals surface area contributed by atoms with Gasteiger partial charge in [-0.2, -0.15) is 9.78 Å². The molecule has 2 aromatic heterocycles. The van der Waals surface area contributed by atoms with E-state index in [2.05, 4.69) is 36.2 Å². The fourth-order valence-electron chi connectivity index (χ4n) is 3.51. The van der Waals surface area contributed by atoms with E-state index >= 15 is 0 Å². The molecule has 8 nitrogen and oxygen atoms in total. The molecule has 1 amide bonds. The molecule has 2 heterocycles. The van der Waals surface area contributed by atoms with Gasteiger partial charge in [-0.25, -0.2) is 4.98 Å². The van der Waals surface area contributed by atoms with E-state index in [1.54, 1.807) is 25.0 Å². The van der Waals surface area contributed by atoms with Crippen LogP contribution in [0.2, 0.25) is 0 Å². The van der Waals surface area contributed by atoms with Gasteiger partial charge in [0.05, 0.1) is 30.1 Å². The fraction of sp³-hybridized carbons (Fsp3) is 0.320. The summed E-state index contributed by atoms with van der Waals surface area (Å²) in [6.07, 6.45) is 0.